The molecule has 0 bridgehead atoms. The summed E-state index contributed by atoms with van der Waals surface area (Å²) in [5.41, 5.74) is 0. The van der Waals surface area contributed by atoms with Crippen LogP contribution in [0.5, 0.6) is 0 Å². The Bertz CT molecular complexity index is 3080. The Morgan fingerprint density at radius 3 is 0.651 bits per heavy atom. The Labute approximate surface area is 789 Å². The zero-order valence-corrected chi connectivity index (χ0v) is 83.8. The fourth-order valence-electron chi connectivity index (χ4n) is 14.3. The minimum absolute atomic E-state index is 0.0992. The van der Waals surface area contributed by atoms with Gasteiger partial charge in [0, 0.05) is 19.3 Å². The maximum atomic E-state index is 13.1. The van der Waals surface area contributed by atoms with Gasteiger partial charge in [-0.1, -0.05) is 447 Å². The fourth-order valence-corrected chi connectivity index (χ4v) is 15.9. The van der Waals surface area contributed by atoms with Crippen LogP contribution in [0.1, 0.15) is 445 Å². The first kappa shape index (κ1) is 124. The molecule has 0 fully saturated rings. The molecule has 5 unspecified atom stereocenters. The topological polar surface area (TPSA) is 231 Å². The number of ether oxygens (including phenoxy) is 3. The summed E-state index contributed by atoms with van der Waals surface area (Å²) in [7, 11) is -9.82. The zero-order valence-electron chi connectivity index (χ0n) is 82.0. The lowest BCUT2D eigenvalue weighted by atomic mass is 10.0. The predicted octanol–water partition coefficient (Wildman–Crippen LogP) is 33.1. The SMILES string of the molecule is CC/C=C\C/C=C\C/C=C\C/C=C\C/C=C\C/C=C\CCCCCCCCCCCCCCC(=O)OCC(COP(=O)(O)OCC(O)COP(=O)(O)OCC(O)COC(=O)CCCCCCCCCCCCCCCCCCC/C=C\C/C=C\C/C=C\C/C=C\C/C=C\CC)OC(=O)CCCCCCCCCCCCCCC/C=C\C/C=C\C/C=C\C/C=C\CCCCC. The highest BCUT2D eigenvalue weighted by Crippen LogP contribution is 2.45. The van der Waals surface area contributed by atoms with Crippen LogP contribution in [0.4, 0.5) is 0 Å². The van der Waals surface area contributed by atoms with Gasteiger partial charge >= 0.3 is 33.6 Å². The second-order valence-electron chi connectivity index (χ2n) is 34.6. The lowest BCUT2D eigenvalue weighted by Gasteiger charge is -2.21. The molecule has 0 aromatic carbocycles. The largest absolute Gasteiger partial charge is 0.472 e. The fraction of sp³-hybridized carbons (Fsp3) is 0.703. The average molecular weight is 1840 g/mol. The van der Waals surface area contributed by atoms with Crippen LogP contribution >= 0.6 is 15.6 Å². The Kier molecular flexibility index (Phi) is 97.4. The third kappa shape index (κ3) is 103. The molecule has 5 atom stereocenters. The minimum atomic E-state index is -4.95. The molecule has 0 aliphatic heterocycles. The number of hydrogen-bond donors (Lipinski definition) is 4. The molecular weight excluding hydrogens is 1650 g/mol. The van der Waals surface area contributed by atoms with Gasteiger partial charge in [-0.25, -0.2) is 9.13 Å². The van der Waals surface area contributed by atoms with Crippen molar-refractivity contribution < 1.29 is 75.8 Å². The number of unbranched alkanes of at least 4 members (excludes halogenated alkanes) is 45. The van der Waals surface area contributed by atoms with Crippen LogP contribution in [0.25, 0.3) is 0 Å². The first-order chi connectivity index (χ1) is 63.2. The number of phosphoric ester groups is 2. The van der Waals surface area contributed by atoms with Crippen molar-refractivity contribution in [3.8, 4) is 0 Å². The highest BCUT2D eigenvalue weighted by Gasteiger charge is 2.30. The van der Waals surface area contributed by atoms with E-state index in [1.807, 2.05) is 0 Å². The highest BCUT2D eigenvalue weighted by atomic mass is 31.2. The summed E-state index contributed by atoms with van der Waals surface area (Å²) in [5, 5.41) is 20.8. The van der Waals surface area contributed by atoms with Gasteiger partial charge in [-0.15, -0.1) is 0 Å². The van der Waals surface area contributed by atoms with Crippen LogP contribution in [0, 0.1) is 0 Å². The molecule has 129 heavy (non-hydrogen) atoms. The van der Waals surface area contributed by atoms with Crippen LogP contribution in [-0.4, -0.2) is 95.9 Å². The van der Waals surface area contributed by atoms with Crippen molar-refractivity contribution >= 4 is 33.6 Å². The first-order valence-electron chi connectivity index (χ1n) is 52.1. The zero-order chi connectivity index (χ0) is 93.5. The molecular formula is C111H190O16P2. The second kappa shape index (κ2) is 102. The number of esters is 3. The van der Waals surface area contributed by atoms with Gasteiger partial charge in [0.2, 0.25) is 0 Å². The number of rotatable bonds is 98. The van der Waals surface area contributed by atoms with E-state index in [2.05, 4.69) is 203 Å². The van der Waals surface area contributed by atoms with E-state index < -0.39 is 91.5 Å². The standard InChI is InChI=1S/C111H190O16P2/c1-4-7-10-13-16-19-22-25-28-31-34-37-40-43-46-49-51-52-54-57-58-61-64-67-70-73-76-79-82-85-88-91-94-97-109(114)121-100-106(112)101-123-128(117,118)124-102-107(113)103-125-129(119,120)126-105-108(127-111(116)99-96-93-90-87-84-81-78-75-72-69-66-63-60-55-48-45-42-39-36-33-30-27-24-21-18-15-12-9-6-3)104-122-110(115)98-95-92-89-86-83-80-77-74-71-68-65-62-59-56-53-50-47-44-41-38-35-32-29-26-23-20-17-14-11-8-5-2/h7-8,10-11,16-21,25-30,34-39,43-48,53,56,106-108,112-113H,4-6,9,12-15,22-24,31-33,40-42,49-52,54-55,57-105H2,1-3H3,(H,117,118)(H,119,120)/b10-7-,11-8-,19-16-,20-17-,21-18-,28-25-,29-26-,30-27-,37-34-,38-35-,39-36-,46-43-,47-44-,48-45-,56-53-. The van der Waals surface area contributed by atoms with Crippen LogP contribution in [-0.2, 0) is 55.8 Å². The van der Waals surface area contributed by atoms with Crippen molar-refractivity contribution in [2.45, 2.75) is 463 Å². The van der Waals surface area contributed by atoms with E-state index in [0.717, 1.165) is 173 Å². The number of phosphoric acid groups is 2. The number of allylic oxidation sites excluding steroid dienone is 30. The molecule has 0 aliphatic rings. The van der Waals surface area contributed by atoms with Gasteiger partial charge in [0.05, 0.1) is 26.4 Å². The van der Waals surface area contributed by atoms with Gasteiger partial charge in [-0.2, -0.15) is 0 Å². The molecule has 0 aliphatic carbocycles. The van der Waals surface area contributed by atoms with E-state index >= 15 is 0 Å². The molecule has 18 heteroatoms. The molecule has 0 radical (unpaired) electrons. The lowest BCUT2D eigenvalue weighted by Crippen LogP contribution is -2.30. The second-order valence-corrected chi connectivity index (χ2v) is 37.5. The Hall–Kier alpha value is -5.35. The maximum absolute atomic E-state index is 13.1. The molecule has 740 valence electrons. The molecule has 0 aromatic heterocycles. The van der Waals surface area contributed by atoms with Crippen molar-refractivity contribution in [3.63, 3.8) is 0 Å². The van der Waals surface area contributed by atoms with Crippen LogP contribution < -0.4 is 0 Å². The highest BCUT2D eigenvalue weighted by molar-refractivity contribution is 7.47. The quantitative estimate of drug-likeness (QED) is 0.0146. The van der Waals surface area contributed by atoms with Gasteiger partial charge in [0.1, 0.15) is 25.4 Å². The van der Waals surface area contributed by atoms with Gasteiger partial charge in [-0.05, 0) is 161 Å². The molecule has 0 heterocycles. The van der Waals surface area contributed by atoms with E-state index in [9.17, 15) is 43.5 Å². The lowest BCUT2D eigenvalue weighted by molar-refractivity contribution is -0.161. The monoisotopic (exact) mass is 1840 g/mol. The summed E-state index contributed by atoms with van der Waals surface area (Å²) in [4.78, 5) is 59.3. The van der Waals surface area contributed by atoms with Crippen LogP contribution in [0.2, 0.25) is 0 Å². The molecule has 16 nitrogen and oxygen atoms in total. The number of carbonyl (C=O) groups excluding carboxylic acids is 3. The van der Waals surface area contributed by atoms with E-state index in [4.69, 9.17) is 32.3 Å². The van der Waals surface area contributed by atoms with Gasteiger partial charge in [0.15, 0.2) is 6.10 Å². The van der Waals surface area contributed by atoms with Crippen molar-refractivity contribution in [2.24, 2.45) is 0 Å². The Morgan fingerprint density at radius 1 is 0.225 bits per heavy atom. The number of hydrogen-bond acceptors (Lipinski definition) is 14. The van der Waals surface area contributed by atoms with E-state index in [1.165, 1.54) is 212 Å². The van der Waals surface area contributed by atoms with Crippen molar-refractivity contribution in [3.05, 3.63) is 182 Å². The van der Waals surface area contributed by atoms with Crippen molar-refractivity contribution in [2.75, 3.05) is 39.6 Å². The van der Waals surface area contributed by atoms with Crippen molar-refractivity contribution in [1.82, 2.24) is 0 Å². The number of aliphatic hydroxyl groups excluding tert-OH is 2. The summed E-state index contributed by atoms with van der Waals surface area (Å²) in [6.07, 6.45) is 135. The van der Waals surface area contributed by atoms with Crippen molar-refractivity contribution in [1.29, 1.82) is 0 Å². The maximum Gasteiger partial charge on any atom is 0.472 e. The van der Waals surface area contributed by atoms with Gasteiger partial charge in [-0.3, -0.25) is 32.5 Å². The van der Waals surface area contributed by atoms with Crippen LogP contribution in [0.15, 0.2) is 182 Å². The summed E-state index contributed by atoms with van der Waals surface area (Å²) in [6.45, 7) is 2.50. The Balaban J connectivity index is 4.62. The molecule has 0 amide bonds. The molecule has 0 spiro atoms. The minimum Gasteiger partial charge on any atom is -0.463 e. The summed E-state index contributed by atoms with van der Waals surface area (Å²) < 4.78 is 61.7. The van der Waals surface area contributed by atoms with Gasteiger partial charge < -0.3 is 34.2 Å². The third-order valence-corrected chi connectivity index (χ3v) is 24.0. The van der Waals surface area contributed by atoms with E-state index in [1.54, 1.807) is 0 Å². The molecule has 0 aromatic rings. The first-order valence-corrected chi connectivity index (χ1v) is 55.1. The number of aliphatic hydroxyl groups is 2. The normalized spacial score (nSPS) is 14.4. The molecule has 0 saturated heterocycles. The summed E-state index contributed by atoms with van der Waals surface area (Å²) in [5.74, 6) is -1.56. The van der Waals surface area contributed by atoms with E-state index in [0.29, 0.717) is 19.3 Å². The Morgan fingerprint density at radius 2 is 0.411 bits per heavy atom. The third-order valence-electron chi connectivity index (χ3n) is 22.1. The predicted molar refractivity (Wildman–Crippen MR) is 546 cm³/mol. The van der Waals surface area contributed by atoms with Gasteiger partial charge in [0.25, 0.3) is 0 Å². The average Bonchev–Trinajstić information content (AvgIpc) is 0.898. The summed E-state index contributed by atoms with van der Waals surface area (Å²) >= 11 is 0. The summed E-state index contributed by atoms with van der Waals surface area (Å²) in [6, 6.07) is 0. The molecule has 0 rings (SSSR count). The van der Waals surface area contributed by atoms with Crippen LogP contribution in [0.3, 0.4) is 0 Å². The molecule has 4 N–H and O–H groups in total. The number of carbonyl (C=O) groups is 3. The molecule has 0 saturated carbocycles. The van der Waals surface area contributed by atoms with E-state index in [-0.39, 0.29) is 19.3 Å². The smallest absolute Gasteiger partial charge is 0.463 e.